The lowest BCUT2D eigenvalue weighted by atomic mass is 9.96. The molecule has 84 valence electrons. The maximum Gasteiger partial charge on any atom is 0.303 e. The highest BCUT2D eigenvalue weighted by atomic mass is 16.4. The van der Waals surface area contributed by atoms with Crippen LogP contribution in [0, 0.1) is 5.92 Å². The summed E-state index contributed by atoms with van der Waals surface area (Å²) in [5, 5.41) is 11.5. The Hall–Kier alpha value is -1.10. The number of carbonyl (C=O) groups is 2. The third-order valence-electron chi connectivity index (χ3n) is 2.81. The zero-order valence-corrected chi connectivity index (χ0v) is 8.61. The summed E-state index contributed by atoms with van der Waals surface area (Å²) in [6.07, 6.45) is 2.43. The fourth-order valence-electron chi connectivity index (χ4n) is 1.89. The quantitative estimate of drug-likeness (QED) is 0.655. The molecule has 5 nitrogen and oxygen atoms in total. The maximum absolute atomic E-state index is 11.4. The van der Waals surface area contributed by atoms with Gasteiger partial charge in [-0.1, -0.05) is 0 Å². The van der Waals surface area contributed by atoms with Crippen molar-refractivity contribution >= 4 is 11.9 Å². The molecule has 1 aliphatic heterocycles. The van der Waals surface area contributed by atoms with E-state index in [4.69, 9.17) is 5.11 Å². The third-order valence-corrected chi connectivity index (χ3v) is 2.81. The van der Waals surface area contributed by atoms with Crippen LogP contribution >= 0.6 is 0 Å². The predicted octanol–water partition coefficient (Wildman–Crippen LogP) is -0.329. The number of carboxylic acids is 1. The minimum Gasteiger partial charge on any atom is -0.481 e. The van der Waals surface area contributed by atoms with Crippen molar-refractivity contribution in [2.75, 3.05) is 19.6 Å². The molecule has 0 aromatic heterocycles. The van der Waals surface area contributed by atoms with Gasteiger partial charge in [-0.05, 0) is 18.8 Å². The van der Waals surface area contributed by atoms with E-state index in [9.17, 15) is 9.59 Å². The van der Waals surface area contributed by atoms with Crippen LogP contribution in [0.3, 0.4) is 0 Å². The zero-order valence-electron chi connectivity index (χ0n) is 8.61. The van der Waals surface area contributed by atoms with Gasteiger partial charge < -0.3 is 10.4 Å². The number of aliphatic carboxylic acids is 1. The van der Waals surface area contributed by atoms with Gasteiger partial charge in [0.1, 0.15) is 0 Å². The molecule has 0 bridgehead atoms. The summed E-state index contributed by atoms with van der Waals surface area (Å²) in [5.41, 5.74) is 0. The number of hydrogen-bond donors (Lipinski definition) is 2. The van der Waals surface area contributed by atoms with Gasteiger partial charge in [0.2, 0.25) is 5.91 Å². The van der Waals surface area contributed by atoms with Crippen molar-refractivity contribution in [3.8, 4) is 0 Å². The van der Waals surface area contributed by atoms with Crippen molar-refractivity contribution < 1.29 is 14.7 Å². The molecule has 0 aromatic carbocycles. The average Bonchev–Trinajstić information content (AvgIpc) is 2.83. The van der Waals surface area contributed by atoms with E-state index in [2.05, 4.69) is 5.32 Å². The molecule has 5 heteroatoms. The highest BCUT2D eigenvalue weighted by molar-refractivity contribution is 5.78. The van der Waals surface area contributed by atoms with Crippen LogP contribution in [0.25, 0.3) is 0 Å². The van der Waals surface area contributed by atoms with Crippen molar-refractivity contribution in [3.05, 3.63) is 0 Å². The number of amides is 1. The van der Waals surface area contributed by atoms with Gasteiger partial charge in [-0.15, -0.1) is 0 Å². The molecule has 2 N–H and O–H groups in total. The SMILES string of the molecule is O=C(O)CC1CN(CC(=O)NC2CC2)C1. The average molecular weight is 212 g/mol. The molecule has 1 saturated heterocycles. The summed E-state index contributed by atoms with van der Waals surface area (Å²) < 4.78 is 0. The Morgan fingerprint density at radius 2 is 2.00 bits per heavy atom. The van der Waals surface area contributed by atoms with E-state index < -0.39 is 5.97 Å². The topological polar surface area (TPSA) is 69.6 Å². The van der Waals surface area contributed by atoms with Gasteiger partial charge in [0.05, 0.1) is 13.0 Å². The van der Waals surface area contributed by atoms with Crippen molar-refractivity contribution in [2.24, 2.45) is 5.92 Å². The number of likely N-dealkylation sites (tertiary alicyclic amines) is 1. The molecule has 0 aromatic rings. The van der Waals surface area contributed by atoms with Crippen molar-refractivity contribution in [2.45, 2.75) is 25.3 Å². The molecular formula is C10H16N2O3. The molecule has 1 aliphatic carbocycles. The van der Waals surface area contributed by atoms with Gasteiger partial charge in [0.15, 0.2) is 0 Å². The normalized spacial score (nSPS) is 22.1. The molecule has 0 atom stereocenters. The van der Waals surface area contributed by atoms with E-state index in [-0.39, 0.29) is 18.2 Å². The molecule has 1 saturated carbocycles. The summed E-state index contributed by atoms with van der Waals surface area (Å²) in [6, 6.07) is 0.411. The first-order valence-electron chi connectivity index (χ1n) is 5.37. The molecule has 2 rings (SSSR count). The second kappa shape index (κ2) is 4.18. The van der Waals surface area contributed by atoms with Gasteiger partial charge in [-0.2, -0.15) is 0 Å². The predicted molar refractivity (Wildman–Crippen MR) is 53.3 cm³/mol. The maximum atomic E-state index is 11.4. The minimum absolute atomic E-state index is 0.0753. The molecule has 0 unspecified atom stereocenters. The minimum atomic E-state index is -0.748. The standard InChI is InChI=1S/C10H16N2O3/c13-9(11-8-1-2-8)6-12-4-7(5-12)3-10(14)15/h7-8H,1-6H2,(H,11,13)(H,14,15). The zero-order chi connectivity index (χ0) is 10.8. The van der Waals surface area contributed by atoms with E-state index >= 15 is 0 Å². The first-order chi connectivity index (χ1) is 7.13. The van der Waals surface area contributed by atoms with E-state index in [0.29, 0.717) is 12.6 Å². The van der Waals surface area contributed by atoms with E-state index in [0.717, 1.165) is 25.9 Å². The Balaban J connectivity index is 1.58. The highest BCUT2D eigenvalue weighted by Gasteiger charge is 2.31. The largest absolute Gasteiger partial charge is 0.481 e. The van der Waals surface area contributed by atoms with Crippen LogP contribution in [-0.4, -0.2) is 47.6 Å². The van der Waals surface area contributed by atoms with Crippen molar-refractivity contribution in [1.82, 2.24) is 10.2 Å². The van der Waals surface area contributed by atoms with Crippen LogP contribution in [0.15, 0.2) is 0 Å². The number of nitrogens with one attached hydrogen (secondary N) is 1. The summed E-state index contributed by atoms with van der Waals surface area (Å²) in [4.78, 5) is 23.7. The van der Waals surface area contributed by atoms with Crippen LogP contribution in [0.5, 0.6) is 0 Å². The molecule has 1 amide bonds. The first-order valence-corrected chi connectivity index (χ1v) is 5.37. The second-order valence-electron chi connectivity index (χ2n) is 4.50. The number of carbonyl (C=O) groups excluding carboxylic acids is 1. The van der Waals surface area contributed by atoms with Crippen LogP contribution < -0.4 is 5.32 Å². The number of carboxylic acid groups (broad SMARTS) is 1. The van der Waals surface area contributed by atoms with Crippen molar-refractivity contribution in [3.63, 3.8) is 0 Å². The van der Waals surface area contributed by atoms with Crippen LogP contribution in [0.4, 0.5) is 0 Å². The van der Waals surface area contributed by atoms with Gasteiger partial charge in [0, 0.05) is 19.1 Å². The van der Waals surface area contributed by atoms with Gasteiger partial charge in [-0.3, -0.25) is 14.5 Å². The van der Waals surface area contributed by atoms with Gasteiger partial charge in [-0.25, -0.2) is 0 Å². The smallest absolute Gasteiger partial charge is 0.303 e. The van der Waals surface area contributed by atoms with E-state index in [1.54, 1.807) is 0 Å². The Morgan fingerprint density at radius 1 is 1.33 bits per heavy atom. The monoisotopic (exact) mass is 212 g/mol. The highest BCUT2D eigenvalue weighted by Crippen LogP contribution is 2.20. The fourth-order valence-corrected chi connectivity index (χ4v) is 1.89. The molecule has 0 spiro atoms. The Labute approximate surface area is 88.4 Å². The number of hydrogen-bond acceptors (Lipinski definition) is 3. The second-order valence-corrected chi connectivity index (χ2v) is 4.50. The van der Waals surface area contributed by atoms with Crippen LogP contribution in [0.1, 0.15) is 19.3 Å². The van der Waals surface area contributed by atoms with Crippen LogP contribution in [0.2, 0.25) is 0 Å². The first kappa shape index (κ1) is 10.4. The fraction of sp³-hybridized carbons (Fsp3) is 0.800. The van der Waals surface area contributed by atoms with E-state index in [1.807, 2.05) is 4.90 Å². The van der Waals surface area contributed by atoms with Gasteiger partial charge in [0.25, 0.3) is 0 Å². The summed E-state index contributed by atoms with van der Waals surface area (Å²) in [7, 11) is 0. The summed E-state index contributed by atoms with van der Waals surface area (Å²) >= 11 is 0. The lowest BCUT2D eigenvalue weighted by Crippen LogP contribution is -2.51. The lowest BCUT2D eigenvalue weighted by Gasteiger charge is -2.37. The molecule has 15 heavy (non-hydrogen) atoms. The molecule has 1 heterocycles. The summed E-state index contributed by atoms with van der Waals surface area (Å²) in [5.74, 6) is -0.440. The lowest BCUT2D eigenvalue weighted by molar-refractivity contribution is -0.139. The Kier molecular flexibility index (Phi) is 2.90. The Morgan fingerprint density at radius 3 is 2.53 bits per heavy atom. The van der Waals surface area contributed by atoms with Crippen LogP contribution in [-0.2, 0) is 9.59 Å². The molecular weight excluding hydrogens is 196 g/mol. The van der Waals surface area contributed by atoms with E-state index in [1.165, 1.54) is 0 Å². The summed E-state index contributed by atoms with van der Waals surface area (Å²) in [6.45, 7) is 1.90. The number of rotatable bonds is 5. The number of nitrogens with zero attached hydrogens (tertiary/aromatic N) is 1. The van der Waals surface area contributed by atoms with Gasteiger partial charge >= 0.3 is 5.97 Å². The molecule has 2 aliphatic rings. The third kappa shape index (κ3) is 3.20. The molecule has 0 radical (unpaired) electrons. The Bertz CT molecular complexity index is 270. The van der Waals surface area contributed by atoms with Crippen molar-refractivity contribution in [1.29, 1.82) is 0 Å². The molecule has 2 fully saturated rings.